The Kier molecular flexibility index (Phi) is 8.69. The Labute approximate surface area is 158 Å². The second kappa shape index (κ2) is 10.8. The van der Waals surface area contributed by atoms with Gasteiger partial charge in [0, 0.05) is 33.3 Å². The minimum atomic E-state index is -0.0516. The van der Waals surface area contributed by atoms with Crippen molar-refractivity contribution in [3.63, 3.8) is 0 Å². The van der Waals surface area contributed by atoms with Gasteiger partial charge in [-0.3, -0.25) is 9.79 Å². The average Bonchev–Trinajstić information content (AvgIpc) is 2.68. The van der Waals surface area contributed by atoms with Gasteiger partial charge in [0.15, 0.2) is 5.96 Å². The SMILES string of the molecule is CCCOC1(CNC(=NC)N2CCC(C(=O)OCC)CC2)CCCCC1. The fraction of sp³-hybridized carbons (Fsp3) is 0.900. The molecule has 0 amide bonds. The summed E-state index contributed by atoms with van der Waals surface area (Å²) in [5.74, 6) is 0.906. The summed E-state index contributed by atoms with van der Waals surface area (Å²) in [6.07, 6.45) is 8.77. The molecule has 1 saturated carbocycles. The van der Waals surface area contributed by atoms with Crippen LogP contribution in [0.2, 0.25) is 0 Å². The number of likely N-dealkylation sites (tertiary alicyclic amines) is 1. The predicted molar refractivity (Wildman–Crippen MR) is 104 cm³/mol. The van der Waals surface area contributed by atoms with Crippen LogP contribution >= 0.6 is 0 Å². The number of guanidine groups is 1. The van der Waals surface area contributed by atoms with Crippen LogP contribution in [0.1, 0.15) is 65.2 Å². The maximum absolute atomic E-state index is 11.9. The Hall–Kier alpha value is -1.30. The van der Waals surface area contributed by atoms with E-state index in [4.69, 9.17) is 9.47 Å². The van der Waals surface area contributed by atoms with E-state index in [1.54, 1.807) is 0 Å². The minimum absolute atomic E-state index is 0.0295. The van der Waals surface area contributed by atoms with Crippen molar-refractivity contribution in [3.8, 4) is 0 Å². The summed E-state index contributed by atoms with van der Waals surface area (Å²) in [6, 6.07) is 0. The first-order valence-corrected chi connectivity index (χ1v) is 10.4. The highest BCUT2D eigenvalue weighted by atomic mass is 16.5. The van der Waals surface area contributed by atoms with Crippen molar-refractivity contribution >= 4 is 11.9 Å². The molecule has 1 saturated heterocycles. The molecule has 1 aliphatic carbocycles. The number of aliphatic imine (C=N–C) groups is 1. The van der Waals surface area contributed by atoms with Gasteiger partial charge in [0.25, 0.3) is 0 Å². The number of nitrogens with one attached hydrogen (secondary N) is 1. The Morgan fingerprint density at radius 2 is 1.88 bits per heavy atom. The van der Waals surface area contributed by atoms with E-state index in [-0.39, 0.29) is 17.5 Å². The molecule has 1 aliphatic heterocycles. The highest BCUT2D eigenvalue weighted by molar-refractivity contribution is 5.80. The van der Waals surface area contributed by atoms with Crippen molar-refractivity contribution in [2.24, 2.45) is 10.9 Å². The van der Waals surface area contributed by atoms with Gasteiger partial charge in [-0.25, -0.2) is 0 Å². The molecule has 150 valence electrons. The molecule has 0 atom stereocenters. The number of rotatable bonds is 7. The summed E-state index contributed by atoms with van der Waals surface area (Å²) in [5, 5.41) is 3.56. The van der Waals surface area contributed by atoms with Crippen molar-refractivity contribution in [1.82, 2.24) is 10.2 Å². The molecule has 0 bridgehead atoms. The molecule has 0 aromatic rings. The molecular formula is C20H37N3O3. The summed E-state index contributed by atoms with van der Waals surface area (Å²) >= 11 is 0. The fourth-order valence-electron chi connectivity index (χ4n) is 4.05. The quantitative estimate of drug-likeness (QED) is 0.426. The number of nitrogens with zero attached hydrogens (tertiary/aromatic N) is 2. The number of hydrogen-bond donors (Lipinski definition) is 1. The van der Waals surface area contributed by atoms with Gasteiger partial charge in [-0.2, -0.15) is 0 Å². The van der Waals surface area contributed by atoms with Crippen molar-refractivity contribution in [2.75, 3.05) is 39.9 Å². The van der Waals surface area contributed by atoms with Crippen LogP contribution in [0.15, 0.2) is 4.99 Å². The molecule has 2 fully saturated rings. The topological polar surface area (TPSA) is 63.2 Å². The summed E-state index contributed by atoms with van der Waals surface area (Å²) in [5.41, 5.74) is -0.0482. The third-order valence-corrected chi connectivity index (χ3v) is 5.57. The first-order valence-electron chi connectivity index (χ1n) is 10.4. The second-order valence-corrected chi connectivity index (χ2v) is 7.51. The third kappa shape index (κ3) is 5.86. The molecular weight excluding hydrogens is 330 g/mol. The molecule has 1 N–H and O–H groups in total. The molecule has 0 unspecified atom stereocenters. The van der Waals surface area contributed by atoms with Crippen LogP contribution in [0.4, 0.5) is 0 Å². The van der Waals surface area contributed by atoms with Gasteiger partial charge < -0.3 is 19.7 Å². The lowest BCUT2D eigenvalue weighted by atomic mass is 9.84. The van der Waals surface area contributed by atoms with Crippen LogP contribution in [0.3, 0.4) is 0 Å². The van der Waals surface area contributed by atoms with Gasteiger partial charge in [0.05, 0.1) is 18.1 Å². The van der Waals surface area contributed by atoms with E-state index in [0.29, 0.717) is 6.61 Å². The minimum Gasteiger partial charge on any atom is -0.466 e. The van der Waals surface area contributed by atoms with Crippen molar-refractivity contribution in [1.29, 1.82) is 0 Å². The monoisotopic (exact) mass is 367 g/mol. The molecule has 0 radical (unpaired) electrons. The standard InChI is InChI=1S/C20H37N3O3/c1-4-15-26-20(11-7-6-8-12-20)16-22-19(21-3)23-13-9-17(10-14-23)18(24)25-5-2/h17H,4-16H2,1-3H3,(H,21,22). The van der Waals surface area contributed by atoms with Gasteiger partial charge in [0.2, 0.25) is 0 Å². The zero-order chi connectivity index (χ0) is 18.8. The van der Waals surface area contributed by atoms with Crippen molar-refractivity contribution in [2.45, 2.75) is 70.8 Å². The van der Waals surface area contributed by atoms with E-state index in [1.165, 1.54) is 19.3 Å². The van der Waals surface area contributed by atoms with Gasteiger partial charge in [-0.1, -0.05) is 26.2 Å². The van der Waals surface area contributed by atoms with E-state index < -0.39 is 0 Å². The maximum atomic E-state index is 11.9. The Bertz CT molecular complexity index is 453. The van der Waals surface area contributed by atoms with E-state index >= 15 is 0 Å². The average molecular weight is 368 g/mol. The van der Waals surface area contributed by atoms with Gasteiger partial charge in [-0.15, -0.1) is 0 Å². The Morgan fingerprint density at radius 3 is 2.46 bits per heavy atom. The van der Waals surface area contributed by atoms with Crippen molar-refractivity contribution < 1.29 is 14.3 Å². The number of ether oxygens (including phenoxy) is 2. The first kappa shape index (κ1) is 21.0. The first-order chi connectivity index (χ1) is 12.6. The maximum Gasteiger partial charge on any atom is 0.309 e. The lowest BCUT2D eigenvalue weighted by molar-refractivity contribution is -0.149. The van der Waals surface area contributed by atoms with Crippen LogP contribution in [0.5, 0.6) is 0 Å². The highest BCUT2D eigenvalue weighted by Gasteiger charge is 2.34. The summed E-state index contributed by atoms with van der Waals surface area (Å²) in [4.78, 5) is 18.6. The zero-order valence-corrected chi connectivity index (χ0v) is 16.9. The lowest BCUT2D eigenvalue weighted by Gasteiger charge is -2.39. The van der Waals surface area contributed by atoms with Crippen molar-refractivity contribution in [3.05, 3.63) is 0 Å². The fourth-order valence-corrected chi connectivity index (χ4v) is 4.05. The van der Waals surface area contributed by atoms with Crippen LogP contribution in [-0.2, 0) is 14.3 Å². The zero-order valence-electron chi connectivity index (χ0n) is 16.9. The third-order valence-electron chi connectivity index (χ3n) is 5.57. The Balaban J connectivity index is 1.86. The molecule has 0 aromatic heterocycles. The summed E-state index contributed by atoms with van der Waals surface area (Å²) < 4.78 is 11.4. The molecule has 0 spiro atoms. The molecule has 0 aromatic carbocycles. The van der Waals surface area contributed by atoms with Gasteiger partial charge in [-0.05, 0) is 39.0 Å². The molecule has 6 heteroatoms. The largest absolute Gasteiger partial charge is 0.466 e. The summed E-state index contributed by atoms with van der Waals surface area (Å²) in [7, 11) is 1.83. The normalized spacial score (nSPS) is 21.5. The number of hydrogen-bond acceptors (Lipinski definition) is 4. The lowest BCUT2D eigenvalue weighted by Crippen LogP contribution is -2.52. The van der Waals surface area contributed by atoms with E-state index in [1.807, 2.05) is 14.0 Å². The number of carbonyl (C=O) groups is 1. The number of piperidine rings is 1. The molecule has 2 aliphatic rings. The second-order valence-electron chi connectivity index (χ2n) is 7.51. The van der Waals surface area contributed by atoms with Crippen LogP contribution in [-0.4, -0.2) is 62.3 Å². The van der Waals surface area contributed by atoms with Gasteiger partial charge in [0.1, 0.15) is 0 Å². The highest BCUT2D eigenvalue weighted by Crippen LogP contribution is 2.31. The number of esters is 1. The Morgan fingerprint density at radius 1 is 1.19 bits per heavy atom. The molecule has 1 heterocycles. The predicted octanol–water partition coefficient (Wildman–Crippen LogP) is 2.97. The smallest absolute Gasteiger partial charge is 0.309 e. The van der Waals surface area contributed by atoms with E-state index in [2.05, 4.69) is 22.1 Å². The molecule has 6 nitrogen and oxygen atoms in total. The van der Waals surface area contributed by atoms with Crippen LogP contribution < -0.4 is 5.32 Å². The number of carbonyl (C=O) groups excluding carboxylic acids is 1. The van der Waals surface area contributed by atoms with Gasteiger partial charge >= 0.3 is 5.97 Å². The van der Waals surface area contributed by atoms with Crippen LogP contribution in [0, 0.1) is 5.92 Å². The van der Waals surface area contributed by atoms with E-state index in [0.717, 1.165) is 64.3 Å². The molecule has 2 rings (SSSR count). The van der Waals surface area contributed by atoms with Crippen LogP contribution in [0.25, 0.3) is 0 Å². The summed E-state index contributed by atoms with van der Waals surface area (Å²) in [6.45, 7) is 7.81. The van der Waals surface area contributed by atoms with E-state index in [9.17, 15) is 4.79 Å². The molecule has 26 heavy (non-hydrogen) atoms.